The van der Waals surface area contributed by atoms with Gasteiger partial charge in [0.1, 0.15) is 24.3 Å². The molecule has 0 bridgehead atoms. The molecule has 32 heavy (non-hydrogen) atoms. The van der Waals surface area contributed by atoms with E-state index in [1.807, 2.05) is 44.2 Å². The fourth-order valence-corrected chi connectivity index (χ4v) is 2.77. The molecule has 178 valence electrons. The quantitative estimate of drug-likeness (QED) is 0.415. The van der Waals surface area contributed by atoms with Crippen LogP contribution in [0.1, 0.15) is 53.0 Å². The summed E-state index contributed by atoms with van der Waals surface area (Å²) in [6, 6.07) is 6.89. The number of hydrogen-bond donors (Lipinski definition) is 2. The van der Waals surface area contributed by atoms with Gasteiger partial charge in [-0.3, -0.25) is 9.59 Å². The zero-order valence-corrected chi connectivity index (χ0v) is 19.6. The molecule has 0 aromatic heterocycles. The van der Waals surface area contributed by atoms with Crippen molar-refractivity contribution in [3.8, 4) is 0 Å². The molecular weight excluding hydrogens is 416 g/mol. The molecule has 2 N–H and O–H groups in total. The first kappa shape index (κ1) is 26.9. The second kappa shape index (κ2) is 12.7. The van der Waals surface area contributed by atoms with E-state index in [2.05, 4.69) is 10.6 Å². The van der Waals surface area contributed by atoms with Gasteiger partial charge in [0.2, 0.25) is 5.91 Å². The van der Waals surface area contributed by atoms with Crippen molar-refractivity contribution in [2.24, 2.45) is 5.92 Å². The van der Waals surface area contributed by atoms with Gasteiger partial charge in [0.15, 0.2) is 0 Å². The van der Waals surface area contributed by atoms with E-state index in [9.17, 15) is 19.2 Å². The summed E-state index contributed by atoms with van der Waals surface area (Å²) in [5.74, 6) is -2.03. The summed E-state index contributed by atoms with van der Waals surface area (Å²) >= 11 is 0. The average Bonchev–Trinajstić information content (AvgIpc) is 2.69. The van der Waals surface area contributed by atoms with Crippen molar-refractivity contribution in [3.63, 3.8) is 0 Å². The largest absolute Gasteiger partial charge is 0.467 e. The molecule has 1 rings (SSSR count). The van der Waals surface area contributed by atoms with Crippen LogP contribution >= 0.6 is 0 Å². The van der Waals surface area contributed by atoms with Crippen LogP contribution in [-0.2, 0) is 35.2 Å². The maximum atomic E-state index is 12.8. The Bertz CT molecular complexity index is 772. The number of rotatable bonds is 10. The molecule has 0 spiro atoms. The highest BCUT2D eigenvalue weighted by atomic mass is 16.6. The lowest BCUT2D eigenvalue weighted by Gasteiger charge is -2.24. The maximum absolute atomic E-state index is 12.8. The third kappa shape index (κ3) is 10.8. The second-order valence-corrected chi connectivity index (χ2v) is 8.76. The molecule has 9 nitrogen and oxygen atoms in total. The van der Waals surface area contributed by atoms with E-state index in [-0.39, 0.29) is 12.5 Å². The van der Waals surface area contributed by atoms with E-state index in [1.54, 1.807) is 20.8 Å². The Hall–Kier alpha value is -3.10. The number of benzene rings is 1. The third-order valence-corrected chi connectivity index (χ3v) is 4.12. The van der Waals surface area contributed by atoms with Crippen LogP contribution < -0.4 is 10.6 Å². The topological polar surface area (TPSA) is 120 Å². The third-order valence-electron chi connectivity index (χ3n) is 4.12. The zero-order valence-electron chi connectivity index (χ0n) is 19.6. The lowest BCUT2D eigenvalue weighted by Crippen LogP contribution is -2.53. The Balaban J connectivity index is 2.80. The highest BCUT2D eigenvalue weighted by Gasteiger charge is 2.31. The predicted molar refractivity (Wildman–Crippen MR) is 117 cm³/mol. The Kier molecular flexibility index (Phi) is 10.7. The predicted octanol–water partition coefficient (Wildman–Crippen LogP) is 2.72. The lowest BCUT2D eigenvalue weighted by atomic mass is 10.0. The van der Waals surface area contributed by atoms with Gasteiger partial charge in [0, 0.05) is 0 Å². The number of carbonyl (C=O) groups excluding carboxylic acids is 4. The molecule has 9 heteroatoms. The maximum Gasteiger partial charge on any atom is 0.408 e. The average molecular weight is 451 g/mol. The monoisotopic (exact) mass is 450 g/mol. The smallest absolute Gasteiger partial charge is 0.408 e. The number of hydrogen-bond acceptors (Lipinski definition) is 7. The van der Waals surface area contributed by atoms with Gasteiger partial charge in [0.05, 0.1) is 13.5 Å². The molecule has 0 aliphatic heterocycles. The molecule has 1 aromatic carbocycles. The summed E-state index contributed by atoms with van der Waals surface area (Å²) in [5, 5.41) is 5.02. The number of nitrogens with one attached hydrogen (secondary N) is 2. The van der Waals surface area contributed by atoms with Crippen LogP contribution in [0.4, 0.5) is 4.79 Å². The van der Waals surface area contributed by atoms with Gasteiger partial charge >= 0.3 is 18.0 Å². The van der Waals surface area contributed by atoms with Crippen LogP contribution in [-0.4, -0.2) is 48.7 Å². The second-order valence-electron chi connectivity index (χ2n) is 8.76. The van der Waals surface area contributed by atoms with E-state index >= 15 is 0 Å². The number of methoxy groups -OCH3 is 1. The lowest BCUT2D eigenvalue weighted by molar-refractivity contribution is -0.159. The Morgan fingerprint density at radius 2 is 1.59 bits per heavy atom. The van der Waals surface area contributed by atoms with Crippen molar-refractivity contribution in [1.29, 1.82) is 0 Å². The normalized spacial score (nSPS) is 13.0. The van der Waals surface area contributed by atoms with Crippen LogP contribution in [0.5, 0.6) is 0 Å². The highest BCUT2D eigenvalue weighted by Crippen LogP contribution is 2.11. The molecule has 1 aromatic rings. The molecule has 0 saturated carbocycles. The highest BCUT2D eigenvalue weighted by molar-refractivity contribution is 5.91. The summed E-state index contributed by atoms with van der Waals surface area (Å²) in [4.78, 5) is 49.4. The SMILES string of the molecule is COC(=O)[C@@H](CC(=O)OC(C)(C)C)NC(=O)[C@H](CC(C)C)NC(=O)OCc1ccccc1. The van der Waals surface area contributed by atoms with E-state index in [1.165, 1.54) is 0 Å². The van der Waals surface area contributed by atoms with Gasteiger partial charge in [-0.2, -0.15) is 0 Å². The number of amides is 2. The Labute approximate surface area is 189 Å². The molecule has 0 aliphatic rings. The van der Waals surface area contributed by atoms with Gasteiger partial charge < -0.3 is 24.8 Å². The van der Waals surface area contributed by atoms with Crippen molar-refractivity contribution < 1.29 is 33.4 Å². The van der Waals surface area contributed by atoms with Crippen molar-refractivity contribution in [1.82, 2.24) is 10.6 Å². The van der Waals surface area contributed by atoms with E-state index < -0.39 is 48.0 Å². The van der Waals surface area contributed by atoms with Crippen molar-refractivity contribution in [2.45, 2.75) is 71.8 Å². The van der Waals surface area contributed by atoms with Crippen LogP contribution in [0.2, 0.25) is 0 Å². The zero-order chi connectivity index (χ0) is 24.3. The molecule has 0 unspecified atom stereocenters. The molecule has 0 radical (unpaired) electrons. The molecule has 2 amide bonds. The fourth-order valence-electron chi connectivity index (χ4n) is 2.77. The number of carbonyl (C=O) groups is 4. The molecule has 0 saturated heterocycles. The van der Waals surface area contributed by atoms with E-state index in [0.29, 0.717) is 6.42 Å². The number of ether oxygens (including phenoxy) is 3. The van der Waals surface area contributed by atoms with Crippen molar-refractivity contribution in [2.75, 3.05) is 7.11 Å². The summed E-state index contributed by atoms with van der Waals surface area (Å²) in [6.07, 6.45) is -0.869. The summed E-state index contributed by atoms with van der Waals surface area (Å²) in [6.45, 7) is 8.90. The fraction of sp³-hybridized carbons (Fsp3) is 0.565. The molecule has 0 fully saturated rings. The first-order valence-electron chi connectivity index (χ1n) is 10.5. The molecule has 0 aliphatic carbocycles. The minimum atomic E-state index is -1.25. The van der Waals surface area contributed by atoms with E-state index in [4.69, 9.17) is 14.2 Å². The van der Waals surface area contributed by atoms with Gasteiger partial charge in [-0.25, -0.2) is 9.59 Å². The Morgan fingerprint density at radius 1 is 0.969 bits per heavy atom. The van der Waals surface area contributed by atoms with Crippen LogP contribution in [0.25, 0.3) is 0 Å². The standard InChI is InChI=1S/C23H34N2O7/c1-15(2)12-17(25-22(29)31-14-16-10-8-7-9-11-16)20(27)24-18(21(28)30-6)13-19(26)32-23(3,4)5/h7-11,15,17-18H,12-14H2,1-6H3,(H,24,27)(H,25,29)/t17-,18+/m0/s1. The van der Waals surface area contributed by atoms with Gasteiger partial charge in [-0.1, -0.05) is 44.2 Å². The Morgan fingerprint density at radius 3 is 2.12 bits per heavy atom. The molecule has 2 atom stereocenters. The molecule has 0 heterocycles. The van der Waals surface area contributed by atoms with Gasteiger partial charge in [-0.05, 0) is 38.7 Å². The van der Waals surface area contributed by atoms with Crippen molar-refractivity contribution >= 4 is 23.9 Å². The minimum absolute atomic E-state index is 0.0477. The van der Waals surface area contributed by atoms with Crippen molar-refractivity contribution in [3.05, 3.63) is 35.9 Å². The number of esters is 2. The van der Waals surface area contributed by atoms with Gasteiger partial charge in [-0.15, -0.1) is 0 Å². The minimum Gasteiger partial charge on any atom is -0.467 e. The first-order valence-corrected chi connectivity index (χ1v) is 10.5. The van der Waals surface area contributed by atoms with Gasteiger partial charge in [0.25, 0.3) is 0 Å². The molecular formula is C23H34N2O7. The number of alkyl carbamates (subject to hydrolysis) is 1. The summed E-state index contributed by atoms with van der Waals surface area (Å²) in [7, 11) is 1.15. The van der Waals surface area contributed by atoms with E-state index in [0.717, 1.165) is 12.7 Å². The first-order chi connectivity index (χ1) is 14.9. The summed E-state index contributed by atoms with van der Waals surface area (Å²) < 4.78 is 15.1. The summed E-state index contributed by atoms with van der Waals surface area (Å²) in [5.41, 5.74) is 0.0575. The van der Waals surface area contributed by atoms with Crippen LogP contribution in [0.3, 0.4) is 0 Å². The van der Waals surface area contributed by atoms with Crippen LogP contribution in [0.15, 0.2) is 30.3 Å². The van der Waals surface area contributed by atoms with Crippen LogP contribution in [0, 0.1) is 5.92 Å².